The number of benzene rings is 4. The molecule has 1 fully saturated rings. The van der Waals surface area contributed by atoms with Crippen LogP contribution in [-0.4, -0.2) is 40.2 Å². The topological polar surface area (TPSA) is 108 Å². The molecule has 8 nitrogen and oxygen atoms in total. The van der Waals surface area contributed by atoms with Crippen LogP contribution in [0, 0.1) is 11.6 Å². The van der Waals surface area contributed by atoms with Crippen molar-refractivity contribution in [3.8, 4) is 23.0 Å². The molecular weight excluding hydrogens is 558 g/mol. The van der Waals surface area contributed by atoms with Crippen LogP contribution in [0.1, 0.15) is 36.8 Å². The zero-order valence-corrected chi connectivity index (χ0v) is 23.3. The summed E-state index contributed by atoms with van der Waals surface area (Å²) in [5.41, 5.74) is 0.433. The van der Waals surface area contributed by atoms with E-state index in [2.05, 4.69) is 5.32 Å². The van der Waals surface area contributed by atoms with Crippen molar-refractivity contribution in [2.45, 2.75) is 31.3 Å². The first-order chi connectivity index (χ1) is 20.6. The molecule has 1 heterocycles. The molecule has 0 aliphatic carbocycles. The number of likely N-dealkylation sites (tertiary alicyclic amines) is 1. The summed E-state index contributed by atoms with van der Waals surface area (Å²) in [4.78, 5) is 26.1. The van der Waals surface area contributed by atoms with E-state index in [1.165, 1.54) is 36.4 Å². The Bertz CT molecular complexity index is 1590. The van der Waals surface area contributed by atoms with Crippen molar-refractivity contribution in [3.05, 3.63) is 114 Å². The summed E-state index contributed by atoms with van der Waals surface area (Å²) < 4.78 is 38.7. The molecule has 1 aliphatic heterocycles. The number of urea groups is 1. The van der Waals surface area contributed by atoms with Crippen molar-refractivity contribution < 1.29 is 38.1 Å². The van der Waals surface area contributed by atoms with E-state index in [1.54, 1.807) is 66.4 Å². The Morgan fingerprint density at radius 1 is 0.791 bits per heavy atom. The Morgan fingerprint density at radius 3 is 1.79 bits per heavy atom. The third-order valence-corrected chi connectivity index (χ3v) is 7.43. The summed E-state index contributed by atoms with van der Waals surface area (Å²) in [5, 5.41) is 23.2. The summed E-state index contributed by atoms with van der Waals surface area (Å²) in [7, 11) is 0. The van der Waals surface area contributed by atoms with Crippen molar-refractivity contribution in [2.24, 2.45) is 0 Å². The molecule has 4 aromatic rings. The van der Waals surface area contributed by atoms with Gasteiger partial charge in [-0.2, -0.15) is 0 Å². The second kappa shape index (κ2) is 12.5. The zero-order valence-electron chi connectivity index (χ0n) is 23.3. The highest BCUT2D eigenvalue weighted by Crippen LogP contribution is 2.35. The molecule has 0 saturated carbocycles. The number of aliphatic carboxylic acids is 1. The average Bonchev–Trinajstić information content (AvgIpc) is 2.99. The number of hydrogen-bond donors (Lipinski definition) is 3. The van der Waals surface area contributed by atoms with E-state index in [1.807, 2.05) is 0 Å². The lowest BCUT2D eigenvalue weighted by molar-refractivity contribution is -0.138. The minimum absolute atomic E-state index is 0.274. The molecule has 10 heteroatoms. The van der Waals surface area contributed by atoms with Gasteiger partial charge in [-0.15, -0.1) is 0 Å². The highest BCUT2D eigenvalue weighted by molar-refractivity contribution is 5.90. The summed E-state index contributed by atoms with van der Waals surface area (Å²) in [6, 6.07) is 22.3. The molecule has 0 radical (unpaired) electrons. The first kappa shape index (κ1) is 29.5. The largest absolute Gasteiger partial charge is 0.481 e. The highest BCUT2D eigenvalue weighted by atomic mass is 19.1. The third kappa shape index (κ3) is 7.28. The smallest absolute Gasteiger partial charge is 0.321 e. The van der Waals surface area contributed by atoms with E-state index in [9.17, 15) is 28.6 Å². The Hall–Kier alpha value is -4.96. The van der Waals surface area contributed by atoms with Crippen LogP contribution in [0.25, 0.3) is 0 Å². The Labute approximate surface area is 247 Å². The van der Waals surface area contributed by atoms with Crippen molar-refractivity contribution in [1.29, 1.82) is 0 Å². The van der Waals surface area contributed by atoms with Crippen LogP contribution in [-0.2, 0) is 10.4 Å². The van der Waals surface area contributed by atoms with Crippen LogP contribution in [0.2, 0.25) is 0 Å². The number of carboxylic acids is 1. The van der Waals surface area contributed by atoms with E-state index in [0.717, 1.165) is 0 Å². The fraction of sp³-hybridized carbons (Fsp3) is 0.212. The number of nitrogens with zero attached hydrogens (tertiary/aromatic N) is 1. The molecule has 0 spiro atoms. The van der Waals surface area contributed by atoms with Crippen LogP contribution in [0.3, 0.4) is 0 Å². The number of anilines is 1. The molecule has 1 unspecified atom stereocenters. The summed E-state index contributed by atoms with van der Waals surface area (Å²) in [6.07, 6.45) is 0.565. The number of carboxylic acid groups (broad SMARTS) is 1. The molecule has 0 bridgehead atoms. The number of nitrogens with one attached hydrogen (secondary N) is 1. The Balaban J connectivity index is 1.32. The van der Waals surface area contributed by atoms with E-state index >= 15 is 0 Å². The summed E-state index contributed by atoms with van der Waals surface area (Å²) in [5.74, 6) is -0.946. The van der Waals surface area contributed by atoms with Gasteiger partial charge in [-0.25, -0.2) is 13.6 Å². The van der Waals surface area contributed by atoms with Crippen molar-refractivity contribution >= 4 is 17.7 Å². The second-order valence-electron chi connectivity index (χ2n) is 10.4. The molecule has 1 aliphatic rings. The lowest BCUT2D eigenvalue weighted by Crippen LogP contribution is -2.46. The van der Waals surface area contributed by atoms with Gasteiger partial charge in [-0.05, 0) is 79.4 Å². The number of hydrogen-bond acceptors (Lipinski definition) is 5. The third-order valence-electron chi connectivity index (χ3n) is 7.43. The van der Waals surface area contributed by atoms with E-state index in [4.69, 9.17) is 9.47 Å². The van der Waals surface area contributed by atoms with Gasteiger partial charge in [-0.1, -0.05) is 24.3 Å². The number of rotatable bonds is 8. The first-order valence-corrected chi connectivity index (χ1v) is 13.7. The SMILES string of the molecule is CC(C(=O)O)c1ccc(Oc2cc(NC(=O)N3CCC(O)(c4ccc(F)cc4)CC3)cc(Oc3ccc(F)cc3)c2)cc1. The number of halogens is 2. The van der Waals surface area contributed by atoms with Crippen molar-refractivity contribution in [1.82, 2.24) is 4.90 Å². The van der Waals surface area contributed by atoms with Gasteiger partial charge in [0, 0.05) is 37.0 Å². The van der Waals surface area contributed by atoms with E-state index < -0.39 is 29.3 Å². The lowest BCUT2D eigenvalue weighted by atomic mass is 9.84. The molecule has 222 valence electrons. The number of carbonyl (C=O) groups excluding carboxylic acids is 1. The van der Waals surface area contributed by atoms with E-state index in [0.29, 0.717) is 39.8 Å². The van der Waals surface area contributed by atoms with Crippen LogP contribution in [0.5, 0.6) is 23.0 Å². The molecule has 43 heavy (non-hydrogen) atoms. The lowest BCUT2D eigenvalue weighted by Gasteiger charge is -2.38. The number of ether oxygens (including phenoxy) is 2. The fourth-order valence-corrected chi connectivity index (χ4v) is 4.83. The number of piperidine rings is 1. The van der Waals surface area contributed by atoms with Gasteiger partial charge in [0.05, 0.1) is 11.5 Å². The van der Waals surface area contributed by atoms with Crippen molar-refractivity contribution in [3.63, 3.8) is 0 Å². The predicted molar refractivity (Wildman–Crippen MR) is 156 cm³/mol. The molecule has 2 amide bonds. The van der Waals surface area contributed by atoms with Gasteiger partial charge >= 0.3 is 12.0 Å². The molecule has 1 atom stereocenters. The van der Waals surface area contributed by atoms with Crippen LogP contribution in [0.15, 0.2) is 91.0 Å². The van der Waals surface area contributed by atoms with Crippen molar-refractivity contribution in [2.75, 3.05) is 18.4 Å². The van der Waals surface area contributed by atoms with Crippen LogP contribution in [0.4, 0.5) is 19.3 Å². The molecule has 3 N–H and O–H groups in total. The standard InChI is InChI=1S/C33H30F2N2O6/c1-21(31(38)39)22-2-10-27(11-3-22)42-29-18-26(19-30(20-29)43-28-12-8-25(35)9-13-28)36-32(40)37-16-14-33(41,15-17-37)23-4-6-24(34)7-5-23/h2-13,18-21,41H,14-17H2,1H3,(H,36,40)(H,38,39). The minimum atomic E-state index is -1.16. The number of carbonyl (C=O) groups is 2. The normalized spacial score (nSPS) is 14.9. The predicted octanol–water partition coefficient (Wildman–Crippen LogP) is 7.25. The molecule has 4 aromatic carbocycles. The van der Waals surface area contributed by atoms with E-state index in [-0.39, 0.29) is 31.7 Å². The maximum atomic E-state index is 13.4. The highest BCUT2D eigenvalue weighted by Gasteiger charge is 2.35. The van der Waals surface area contributed by atoms with Gasteiger partial charge in [-0.3, -0.25) is 4.79 Å². The molecular formula is C33H30F2N2O6. The van der Waals surface area contributed by atoms with Gasteiger partial charge < -0.3 is 29.9 Å². The second-order valence-corrected chi connectivity index (χ2v) is 10.4. The number of aliphatic hydroxyl groups is 1. The molecule has 5 rings (SSSR count). The monoisotopic (exact) mass is 588 g/mol. The quantitative estimate of drug-likeness (QED) is 0.200. The number of amides is 2. The van der Waals surface area contributed by atoms with Gasteiger partial charge in [0.1, 0.15) is 34.6 Å². The van der Waals surface area contributed by atoms with Crippen LogP contribution >= 0.6 is 0 Å². The molecule has 1 saturated heterocycles. The van der Waals surface area contributed by atoms with Gasteiger partial charge in [0.15, 0.2) is 0 Å². The maximum absolute atomic E-state index is 13.4. The maximum Gasteiger partial charge on any atom is 0.321 e. The molecule has 0 aromatic heterocycles. The Kier molecular flexibility index (Phi) is 8.58. The fourth-order valence-electron chi connectivity index (χ4n) is 4.83. The summed E-state index contributed by atoms with van der Waals surface area (Å²) >= 11 is 0. The average molecular weight is 589 g/mol. The van der Waals surface area contributed by atoms with Gasteiger partial charge in [0.25, 0.3) is 0 Å². The zero-order chi connectivity index (χ0) is 30.6. The summed E-state index contributed by atoms with van der Waals surface area (Å²) in [6.45, 7) is 2.14. The minimum Gasteiger partial charge on any atom is -0.481 e. The van der Waals surface area contributed by atoms with Gasteiger partial charge in [0.2, 0.25) is 0 Å². The Morgan fingerprint density at radius 2 is 1.28 bits per heavy atom. The first-order valence-electron chi connectivity index (χ1n) is 13.7. The van der Waals surface area contributed by atoms with Crippen LogP contribution < -0.4 is 14.8 Å².